The van der Waals surface area contributed by atoms with Gasteiger partial charge in [0.25, 0.3) is 0 Å². The predicted molar refractivity (Wildman–Crippen MR) is 99.8 cm³/mol. The number of fused-ring (bicyclic) bond motifs is 7. The lowest BCUT2D eigenvalue weighted by atomic mass is 9.75. The number of nitrogens with one attached hydrogen (secondary N) is 1. The molecule has 8 heteroatoms. The molecule has 3 amide bonds. The first-order chi connectivity index (χ1) is 13.0. The van der Waals surface area contributed by atoms with Crippen molar-refractivity contribution in [3.8, 4) is 0 Å². The van der Waals surface area contributed by atoms with E-state index in [9.17, 15) is 14.4 Å². The normalized spacial score (nSPS) is 34.4. The lowest BCUT2D eigenvalue weighted by molar-refractivity contribution is -0.146. The number of likely N-dealkylation sites (tertiary alicyclic amines) is 1. The Kier molecular flexibility index (Phi) is 3.76. The van der Waals surface area contributed by atoms with E-state index in [2.05, 4.69) is 26.1 Å². The Labute approximate surface area is 165 Å². The molecular weight excluding hydrogens is 414 g/mol. The van der Waals surface area contributed by atoms with Crippen molar-refractivity contribution in [1.82, 2.24) is 9.80 Å². The van der Waals surface area contributed by atoms with Gasteiger partial charge in [0.2, 0.25) is 17.7 Å². The summed E-state index contributed by atoms with van der Waals surface area (Å²) >= 11 is 3.50. The monoisotopic (exact) mass is 433 g/mol. The third-order valence-electron chi connectivity index (χ3n) is 6.56. The number of hydrogen-bond acceptors (Lipinski definition) is 5. The molecule has 1 spiro atoms. The molecule has 142 valence electrons. The molecule has 0 saturated carbocycles. The van der Waals surface area contributed by atoms with Gasteiger partial charge in [-0.3, -0.25) is 24.2 Å². The Morgan fingerprint density at radius 2 is 2.11 bits per heavy atom. The number of carbonyl (C=O) groups excluding carboxylic acids is 3. The summed E-state index contributed by atoms with van der Waals surface area (Å²) < 4.78 is 5.93. The zero-order chi connectivity index (χ0) is 18.9. The van der Waals surface area contributed by atoms with Gasteiger partial charge in [-0.15, -0.1) is 0 Å². The minimum Gasteiger partial charge on any atom is -0.383 e. The first-order valence-corrected chi connectivity index (χ1v) is 10.0. The molecular formula is C19H20BrN3O4. The molecule has 4 aliphatic rings. The fraction of sp³-hybridized carbons (Fsp3) is 0.526. The number of amides is 3. The third-order valence-corrected chi connectivity index (χ3v) is 7.06. The van der Waals surface area contributed by atoms with Gasteiger partial charge in [-0.1, -0.05) is 15.9 Å². The number of methoxy groups -OCH3 is 1. The molecule has 1 N–H and O–H groups in total. The van der Waals surface area contributed by atoms with Gasteiger partial charge in [-0.2, -0.15) is 0 Å². The highest BCUT2D eigenvalue weighted by Gasteiger charge is 2.74. The molecule has 0 aliphatic carbocycles. The van der Waals surface area contributed by atoms with Crippen molar-refractivity contribution in [1.29, 1.82) is 0 Å². The molecule has 1 aromatic rings. The minimum absolute atomic E-state index is 0.0744. The molecule has 4 atom stereocenters. The van der Waals surface area contributed by atoms with Crippen LogP contribution in [-0.4, -0.2) is 60.4 Å². The molecule has 0 aromatic heterocycles. The number of anilines is 1. The van der Waals surface area contributed by atoms with E-state index in [-0.39, 0.29) is 30.3 Å². The zero-order valence-electron chi connectivity index (χ0n) is 14.9. The lowest BCUT2D eigenvalue weighted by Gasteiger charge is -2.36. The molecule has 3 fully saturated rings. The second kappa shape index (κ2) is 5.86. The maximum Gasteiger partial charge on any atom is 0.250 e. The summed E-state index contributed by atoms with van der Waals surface area (Å²) in [5.41, 5.74) is 0.431. The first-order valence-electron chi connectivity index (χ1n) is 9.24. The average Bonchev–Trinajstić information content (AvgIpc) is 3.33. The molecule has 5 rings (SSSR count). The van der Waals surface area contributed by atoms with E-state index in [1.165, 1.54) is 4.90 Å². The average molecular weight is 434 g/mol. The van der Waals surface area contributed by atoms with Gasteiger partial charge >= 0.3 is 0 Å². The van der Waals surface area contributed by atoms with Gasteiger partial charge in [0, 0.05) is 28.9 Å². The number of hydrogen-bond donors (Lipinski definition) is 1. The van der Waals surface area contributed by atoms with Crippen molar-refractivity contribution in [2.45, 2.75) is 24.4 Å². The van der Waals surface area contributed by atoms with Crippen LogP contribution in [0.2, 0.25) is 0 Å². The van der Waals surface area contributed by atoms with Crippen molar-refractivity contribution < 1.29 is 19.1 Å². The van der Waals surface area contributed by atoms with E-state index in [1.54, 1.807) is 7.11 Å². The number of carbonyl (C=O) groups is 3. The highest BCUT2D eigenvalue weighted by Crippen LogP contribution is 2.60. The van der Waals surface area contributed by atoms with Gasteiger partial charge in [0.05, 0.1) is 25.0 Å². The summed E-state index contributed by atoms with van der Waals surface area (Å²) in [6.07, 6.45) is 1.75. The SMILES string of the molecule is COCCN1C(=O)[C@@H]2[C@H]3CCCN3[C@@]3(C(=O)Nc4ccc(Br)cc43)[C@@H]2C1=O. The van der Waals surface area contributed by atoms with Crippen LogP contribution in [0.5, 0.6) is 0 Å². The molecule has 7 nitrogen and oxygen atoms in total. The standard InChI is InChI=1S/C19H20BrN3O4/c1-27-8-7-22-16(24)14-13-3-2-6-23(13)19(15(14)17(22)25)11-9-10(20)4-5-12(11)21-18(19)26/h4-5,9,13-15H,2-3,6-8H2,1H3,(H,21,26)/t13-,14-,15+,19-/m1/s1. The lowest BCUT2D eigenvalue weighted by Crippen LogP contribution is -2.54. The van der Waals surface area contributed by atoms with E-state index in [4.69, 9.17) is 4.74 Å². The maximum absolute atomic E-state index is 13.4. The second-order valence-corrected chi connectivity index (χ2v) is 8.55. The third kappa shape index (κ3) is 2.01. The second-order valence-electron chi connectivity index (χ2n) is 7.64. The predicted octanol–water partition coefficient (Wildman–Crippen LogP) is 1.32. The Bertz CT molecular complexity index is 875. The molecule has 1 aromatic carbocycles. The quantitative estimate of drug-likeness (QED) is 0.727. The topological polar surface area (TPSA) is 79.0 Å². The van der Waals surface area contributed by atoms with Crippen LogP contribution in [0, 0.1) is 11.8 Å². The number of nitrogens with zero attached hydrogens (tertiary/aromatic N) is 2. The van der Waals surface area contributed by atoms with Crippen molar-refractivity contribution >= 4 is 39.3 Å². The highest BCUT2D eigenvalue weighted by molar-refractivity contribution is 9.10. The fourth-order valence-corrected chi connectivity index (χ4v) is 6.00. The van der Waals surface area contributed by atoms with Crippen molar-refractivity contribution in [3.05, 3.63) is 28.2 Å². The summed E-state index contributed by atoms with van der Waals surface area (Å²) in [6.45, 7) is 1.25. The highest BCUT2D eigenvalue weighted by atomic mass is 79.9. The van der Waals surface area contributed by atoms with Gasteiger partial charge < -0.3 is 10.1 Å². The zero-order valence-corrected chi connectivity index (χ0v) is 16.5. The van der Waals surface area contributed by atoms with Crippen molar-refractivity contribution in [3.63, 3.8) is 0 Å². The van der Waals surface area contributed by atoms with Crippen LogP contribution in [0.3, 0.4) is 0 Å². The number of halogens is 1. The summed E-state index contributed by atoms with van der Waals surface area (Å²) in [4.78, 5) is 43.3. The van der Waals surface area contributed by atoms with E-state index in [1.807, 2.05) is 18.2 Å². The molecule has 0 unspecified atom stereocenters. The molecule has 3 saturated heterocycles. The van der Waals surface area contributed by atoms with Gasteiger partial charge in [-0.05, 0) is 37.6 Å². The smallest absolute Gasteiger partial charge is 0.250 e. The first kappa shape index (κ1) is 17.3. The van der Waals surface area contributed by atoms with E-state index < -0.39 is 17.4 Å². The summed E-state index contributed by atoms with van der Waals surface area (Å²) in [5.74, 6) is -1.74. The Morgan fingerprint density at radius 1 is 1.30 bits per heavy atom. The van der Waals surface area contributed by atoms with Gasteiger partial charge in [-0.25, -0.2) is 0 Å². The molecule has 4 heterocycles. The van der Waals surface area contributed by atoms with Gasteiger partial charge in [0.1, 0.15) is 5.54 Å². The van der Waals surface area contributed by atoms with Crippen LogP contribution < -0.4 is 5.32 Å². The Balaban J connectivity index is 1.69. The maximum atomic E-state index is 13.4. The van der Waals surface area contributed by atoms with Crippen LogP contribution in [0.4, 0.5) is 5.69 Å². The largest absolute Gasteiger partial charge is 0.383 e. The van der Waals surface area contributed by atoms with E-state index in [0.717, 1.165) is 35.1 Å². The van der Waals surface area contributed by atoms with Gasteiger partial charge in [0.15, 0.2) is 0 Å². The fourth-order valence-electron chi connectivity index (χ4n) is 5.64. The number of ether oxygens (including phenoxy) is 1. The Hall–Kier alpha value is -1.77. The van der Waals surface area contributed by atoms with Crippen molar-refractivity contribution in [2.75, 3.05) is 32.1 Å². The molecule has 0 bridgehead atoms. The number of benzene rings is 1. The minimum atomic E-state index is -1.10. The van der Waals surface area contributed by atoms with E-state index >= 15 is 0 Å². The van der Waals surface area contributed by atoms with Crippen LogP contribution in [0.15, 0.2) is 22.7 Å². The van der Waals surface area contributed by atoms with Crippen molar-refractivity contribution in [2.24, 2.45) is 11.8 Å². The number of rotatable bonds is 3. The Morgan fingerprint density at radius 3 is 2.89 bits per heavy atom. The van der Waals surface area contributed by atoms with Crippen LogP contribution in [0.25, 0.3) is 0 Å². The van der Waals surface area contributed by atoms with Crippen LogP contribution >= 0.6 is 15.9 Å². The van der Waals surface area contributed by atoms with E-state index in [0.29, 0.717) is 6.61 Å². The molecule has 27 heavy (non-hydrogen) atoms. The summed E-state index contributed by atoms with van der Waals surface area (Å²) in [5, 5.41) is 2.97. The summed E-state index contributed by atoms with van der Waals surface area (Å²) in [7, 11) is 1.55. The molecule has 4 aliphatic heterocycles. The number of imide groups is 1. The molecule has 0 radical (unpaired) electrons. The van der Waals surface area contributed by atoms with Crippen LogP contribution in [0.1, 0.15) is 18.4 Å². The summed E-state index contributed by atoms with van der Waals surface area (Å²) in [6, 6.07) is 5.57. The van der Waals surface area contributed by atoms with Crippen LogP contribution in [-0.2, 0) is 24.7 Å².